The lowest BCUT2D eigenvalue weighted by molar-refractivity contribution is -0.667. The molecule has 0 saturated heterocycles. The maximum atomic E-state index is 11.8. The van der Waals surface area contributed by atoms with Crippen molar-refractivity contribution in [1.82, 2.24) is 0 Å². The molecule has 1 aliphatic heterocycles. The number of rotatable bonds is 10. The standard InChI is InChI=1S/C32H30N2O6S4/c1-2-22(21-30-34(17-19-44(38,39)40)32-26-11-6-4-9-24(26)13-15-28(32)42-30)20-29-33(16-7-18-43(35,36)37)31-25-10-5-3-8-23(25)12-14-27(31)41-29/h3-6,8-15,20-21H,2,7,16-19H2,1H3,(H-,35,36,37,38,39,40)/p+1. The molecular weight excluding hydrogens is 637 g/mol. The van der Waals surface area contributed by atoms with Gasteiger partial charge in [-0.2, -0.15) is 21.4 Å². The first-order valence-corrected chi connectivity index (χ1v) is 19.0. The van der Waals surface area contributed by atoms with Crippen molar-refractivity contribution in [3.05, 3.63) is 94.5 Å². The molecule has 0 saturated carbocycles. The van der Waals surface area contributed by atoms with Crippen LogP contribution in [-0.2, 0) is 26.8 Å². The number of hydrogen-bond acceptors (Lipinski definition) is 7. The van der Waals surface area contributed by atoms with Crippen LogP contribution in [0.25, 0.3) is 37.8 Å². The maximum absolute atomic E-state index is 11.8. The maximum Gasteiger partial charge on any atom is 0.266 e. The van der Waals surface area contributed by atoms with Gasteiger partial charge in [0, 0.05) is 29.3 Å². The summed E-state index contributed by atoms with van der Waals surface area (Å²) in [4.78, 5) is 2.98. The second-order valence-corrected chi connectivity index (χ2v) is 15.9. The quantitative estimate of drug-likeness (QED) is 0.122. The van der Waals surface area contributed by atoms with E-state index in [9.17, 15) is 25.9 Å². The van der Waals surface area contributed by atoms with Crippen LogP contribution in [0.3, 0.4) is 0 Å². The second-order valence-electron chi connectivity index (χ2n) is 10.6. The molecule has 0 aliphatic carbocycles. The molecular formula is C32H31N2O6S4+. The zero-order chi connectivity index (χ0) is 31.1. The molecule has 2 N–H and O–H groups in total. The molecule has 2 heterocycles. The molecule has 1 aromatic heterocycles. The van der Waals surface area contributed by atoms with Crippen molar-refractivity contribution in [1.29, 1.82) is 0 Å². The fraction of sp³-hybridized carbons (Fsp3) is 0.219. The third kappa shape index (κ3) is 6.56. The third-order valence-corrected chi connectivity index (χ3v) is 11.3. The molecule has 4 aromatic carbocycles. The van der Waals surface area contributed by atoms with E-state index in [0.29, 0.717) is 13.0 Å². The minimum atomic E-state index is -4.19. The van der Waals surface area contributed by atoms with Crippen LogP contribution in [0, 0.1) is 0 Å². The molecule has 1 aliphatic rings. The summed E-state index contributed by atoms with van der Waals surface area (Å²) < 4.78 is 68.8. The van der Waals surface area contributed by atoms with E-state index >= 15 is 0 Å². The summed E-state index contributed by atoms with van der Waals surface area (Å²) in [6.07, 6.45) is 5.11. The van der Waals surface area contributed by atoms with E-state index in [4.69, 9.17) is 0 Å². The molecule has 0 fully saturated rings. The molecule has 6 rings (SSSR count). The minimum Gasteiger partial charge on any atom is -0.333 e. The van der Waals surface area contributed by atoms with Gasteiger partial charge in [-0.25, -0.2) is 0 Å². The smallest absolute Gasteiger partial charge is 0.266 e. The highest BCUT2D eigenvalue weighted by molar-refractivity contribution is 8.03. The number of anilines is 1. The molecule has 0 amide bonds. The number of aromatic nitrogens is 1. The van der Waals surface area contributed by atoms with E-state index in [1.807, 2.05) is 53.4 Å². The predicted octanol–water partition coefficient (Wildman–Crippen LogP) is 6.91. The molecule has 44 heavy (non-hydrogen) atoms. The molecule has 8 nitrogen and oxygen atoms in total. The van der Waals surface area contributed by atoms with Crippen LogP contribution < -0.4 is 9.47 Å². The summed E-state index contributed by atoms with van der Waals surface area (Å²) in [5.74, 6) is -0.739. The number of allylic oxidation sites excluding steroid dienone is 2. The number of benzene rings is 4. The number of thiazole rings is 1. The Hall–Kier alpha value is -3.26. The lowest BCUT2D eigenvalue weighted by Gasteiger charge is -2.21. The molecule has 12 heteroatoms. The van der Waals surface area contributed by atoms with Crippen LogP contribution in [0.5, 0.6) is 0 Å². The lowest BCUT2D eigenvalue weighted by Crippen LogP contribution is -2.36. The highest BCUT2D eigenvalue weighted by Gasteiger charge is 2.29. The number of nitrogens with zero attached hydrogens (tertiary/aromatic N) is 2. The SMILES string of the molecule is CCC(/C=C1\Sc2ccc3ccccc3c2N1CCS(=O)(=O)O)=C\c1sc2ccc3ccccc3c2[n+]1CCCS(=O)(=O)O. The lowest BCUT2D eigenvalue weighted by atomic mass is 10.1. The Labute approximate surface area is 264 Å². The Morgan fingerprint density at radius 3 is 2.23 bits per heavy atom. The van der Waals surface area contributed by atoms with Gasteiger partial charge in [0.1, 0.15) is 4.70 Å². The van der Waals surface area contributed by atoms with Crippen molar-refractivity contribution in [2.75, 3.05) is 23.0 Å². The Bertz CT molecular complexity index is 2190. The second kappa shape index (κ2) is 12.3. The Morgan fingerprint density at radius 1 is 0.864 bits per heavy atom. The Morgan fingerprint density at radius 2 is 1.52 bits per heavy atom. The van der Waals surface area contributed by atoms with E-state index < -0.39 is 26.0 Å². The van der Waals surface area contributed by atoms with Gasteiger partial charge in [-0.1, -0.05) is 84.6 Å². The average molecular weight is 668 g/mol. The van der Waals surface area contributed by atoms with E-state index in [0.717, 1.165) is 58.0 Å². The van der Waals surface area contributed by atoms with Crippen LogP contribution >= 0.6 is 23.1 Å². The van der Waals surface area contributed by atoms with Gasteiger partial charge in [-0.3, -0.25) is 9.11 Å². The zero-order valence-electron chi connectivity index (χ0n) is 23.9. The van der Waals surface area contributed by atoms with Crippen LogP contribution in [-0.4, -0.2) is 44.0 Å². The zero-order valence-corrected chi connectivity index (χ0v) is 27.1. The van der Waals surface area contributed by atoms with Crippen molar-refractivity contribution >= 4 is 86.9 Å². The van der Waals surface area contributed by atoms with Gasteiger partial charge in [0.15, 0.2) is 6.54 Å². The summed E-state index contributed by atoms with van der Waals surface area (Å²) in [6.45, 7) is 2.55. The number of hydrogen-bond donors (Lipinski definition) is 2. The topological polar surface area (TPSA) is 116 Å². The van der Waals surface area contributed by atoms with Crippen molar-refractivity contribution in [2.45, 2.75) is 31.2 Å². The first-order valence-electron chi connectivity index (χ1n) is 14.1. The van der Waals surface area contributed by atoms with Crippen molar-refractivity contribution in [3.63, 3.8) is 0 Å². The van der Waals surface area contributed by atoms with Gasteiger partial charge in [-0.05, 0) is 47.0 Å². The molecule has 0 radical (unpaired) electrons. The predicted molar refractivity (Wildman–Crippen MR) is 180 cm³/mol. The summed E-state index contributed by atoms with van der Waals surface area (Å²) in [7, 11) is -8.28. The van der Waals surface area contributed by atoms with Crippen molar-refractivity contribution < 1.29 is 30.5 Å². The Balaban J connectivity index is 1.46. The van der Waals surface area contributed by atoms with Gasteiger partial charge >= 0.3 is 0 Å². The minimum absolute atomic E-state index is 0.0974. The van der Waals surface area contributed by atoms with E-state index in [1.54, 1.807) is 23.1 Å². The molecule has 0 bridgehead atoms. The van der Waals surface area contributed by atoms with Crippen LogP contribution in [0.2, 0.25) is 0 Å². The molecule has 0 atom stereocenters. The van der Waals surface area contributed by atoms with E-state index in [-0.39, 0.29) is 18.7 Å². The van der Waals surface area contributed by atoms with Crippen LogP contribution in [0.4, 0.5) is 5.69 Å². The summed E-state index contributed by atoms with van der Waals surface area (Å²) >= 11 is 3.18. The van der Waals surface area contributed by atoms with Crippen molar-refractivity contribution in [3.8, 4) is 0 Å². The average Bonchev–Trinajstić information content (AvgIpc) is 3.52. The van der Waals surface area contributed by atoms with Crippen LogP contribution in [0.1, 0.15) is 24.8 Å². The van der Waals surface area contributed by atoms with Crippen molar-refractivity contribution in [2.24, 2.45) is 0 Å². The van der Waals surface area contributed by atoms with E-state index in [2.05, 4.69) is 47.9 Å². The summed E-state index contributed by atoms with van der Waals surface area (Å²) in [5, 5.41) is 5.99. The molecule has 5 aromatic rings. The number of fused-ring (bicyclic) bond motifs is 6. The Kier molecular flexibility index (Phi) is 8.57. The van der Waals surface area contributed by atoms with Gasteiger partial charge in [-0.15, -0.1) is 0 Å². The molecule has 228 valence electrons. The van der Waals surface area contributed by atoms with Gasteiger partial charge in [0.2, 0.25) is 5.52 Å². The number of aryl methyl sites for hydroxylation is 1. The van der Waals surface area contributed by atoms with Gasteiger partial charge in [0.05, 0.1) is 27.6 Å². The largest absolute Gasteiger partial charge is 0.333 e. The van der Waals surface area contributed by atoms with Crippen LogP contribution in [0.15, 0.2) is 94.4 Å². The van der Waals surface area contributed by atoms with E-state index in [1.165, 1.54) is 0 Å². The molecule has 0 unspecified atom stereocenters. The molecule has 0 spiro atoms. The van der Waals surface area contributed by atoms with Gasteiger partial charge in [0.25, 0.3) is 25.2 Å². The normalized spacial score (nSPS) is 15.2. The third-order valence-electron chi connectivity index (χ3n) is 7.61. The fourth-order valence-corrected chi connectivity index (χ4v) is 8.85. The monoisotopic (exact) mass is 667 g/mol. The van der Waals surface area contributed by atoms with Gasteiger partial charge < -0.3 is 4.90 Å². The highest BCUT2D eigenvalue weighted by atomic mass is 32.2. The summed E-state index contributed by atoms with van der Waals surface area (Å²) in [5.41, 5.74) is 2.94. The highest BCUT2D eigenvalue weighted by Crippen LogP contribution is 2.49. The first-order chi connectivity index (χ1) is 21.0. The first kappa shape index (κ1) is 30.8. The fourth-order valence-electron chi connectivity index (χ4n) is 5.58. The number of thioether (sulfide) groups is 1. The summed E-state index contributed by atoms with van der Waals surface area (Å²) in [6, 6.07) is 24.3.